The van der Waals surface area contributed by atoms with Gasteiger partial charge in [0.05, 0.1) is 32.3 Å². The van der Waals surface area contributed by atoms with Crippen LogP contribution in [0, 0.1) is 6.92 Å². The Morgan fingerprint density at radius 2 is 1.90 bits per heavy atom. The smallest absolute Gasteiger partial charge is 0.275 e. The third-order valence-electron chi connectivity index (χ3n) is 4.43. The quantitative estimate of drug-likeness (QED) is 0.649. The van der Waals surface area contributed by atoms with Crippen molar-refractivity contribution in [3.05, 3.63) is 66.1 Å². The molecule has 0 aliphatic heterocycles. The summed E-state index contributed by atoms with van der Waals surface area (Å²) in [5.74, 6) is 1.43. The van der Waals surface area contributed by atoms with Crippen molar-refractivity contribution in [3.63, 3.8) is 0 Å². The molecule has 0 aliphatic carbocycles. The zero-order valence-electron chi connectivity index (χ0n) is 17.0. The van der Waals surface area contributed by atoms with Crippen molar-refractivity contribution in [1.29, 1.82) is 0 Å². The van der Waals surface area contributed by atoms with Crippen molar-refractivity contribution in [2.45, 2.75) is 13.8 Å². The Bertz CT molecular complexity index is 990. The number of rotatable bonds is 7. The summed E-state index contributed by atoms with van der Waals surface area (Å²) in [5.41, 5.74) is 2.90. The number of amides is 1. The van der Waals surface area contributed by atoms with E-state index in [4.69, 9.17) is 9.47 Å². The van der Waals surface area contributed by atoms with Crippen LogP contribution in [-0.4, -0.2) is 36.6 Å². The van der Waals surface area contributed by atoms with Crippen molar-refractivity contribution < 1.29 is 14.3 Å². The topological polar surface area (TPSA) is 76.6 Å². The predicted molar refractivity (Wildman–Crippen MR) is 113 cm³/mol. The molecule has 7 heteroatoms. The highest BCUT2D eigenvalue weighted by Crippen LogP contribution is 2.29. The molecule has 2 aromatic carbocycles. The second-order valence-electron chi connectivity index (χ2n) is 6.36. The maximum Gasteiger partial charge on any atom is 0.275 e. The summed E-state index contributed by atoms with van der Waals surface area (Å²) < 4.78 is 10.5. The van der Waals surface area contributed by atoms with E-state index in [9.17, 15) is 4.79 Å². The summed E-state index contributed by atoms with van der Waals surface area (Å²) in [6, 6.07) is 13.3. The number of hydrogen-bond donors (Lipinski definition) is 1. The molecule has 0 saturated carbocycles. The lowest BCUT2D eigenvalue weighted by Crippen LogP contribution is -2.19. The highest BCUT2D eigenvalue weighted by Gasteiger charge is 2.15. The van der Waals surface area contributed by atoms with Gasteiger partial charge >= 0.3 is 0 Å². The van der Waals surface area contributed by atoms with Crippen LogP contribution in [0.1, 0.15) is 23.0 Å². The lowest BCUT2D eigenvalue weighted by Gasteiger charge is -2.22. The lowest BCUT2D eigenvalue weighted by molar-refractivity contribution is 0.102. The van der Waals surface area contributed by atoms with Crippen LogP contribution >= 0.6 is 0 Å². The van der Waals surface area contributed by atoms with E-state index >= 15 is 0 Å². The molecule has 0 spiro atoms. The van der Waals surface area contributed by atoms with E-state index in [0.29, 0.717) is 23.0 Å². The van der Waals surface area contributed by atoms with Gasteiger partial charge in [-0.2, -0.15) is 0 Å². The molecular weight excluding hydrogens is 368 g/mol. The van der Waals surface area contributed by atoms with Crippen LogP contribution in [0.5, 0.6) is 11.5 Å². The average molecular weight is 392 g/mol. The molecule has 1 heterocycles. The van der Waals surface area contributed by atoms with E-state index in [1.165, 1.54) is 13.3 Å². The molecule has 3 aromatic rings. The second-order valence-corrected chi connectivity index (χ2v) is 6.36. The summed E-state index contributed by atoms with van der Waals surface area (Å²) in [6.45, 7) is 4.81. The van der Waals surface area contributed by atoms with Crippen molar-refractivity contribution >= 4 is 23.1 Å². The summed E-state index contributed by atoms with van der Waals surface area (Å²) in [6.07, 6.45) is 3.07. The first-order chi connectivity index (χ1) is 14.0. The van der Waals surface area contributed by atoms with Gasteiger partial charge in [-0.15, -0.1) is 0 Å². The number of nitrogens with one attached hydrogen (secondary N) is 1. The van der Waals surface area contributed by atoms with Gasteiger partial charge in [-0.3, -0.25) is 4.79 Å². The van der Waals surface area contributed by atoms with Gasteiger partial charge in [0.2, 0.25) is 0 Å². The van der Waals surface area contributed by atoms with Crippen molar-refractivity contribution in [3.8, 4) is 11.5 Å². The molecule has 0 atom stereocenters. The van der Waals surface area contributed by atoms with Gasteiger partial charge in [0, 0.05) is 18.3 Å². The molecule has 0 unspecified atom stereocenters. The third kappa shape index (κ3) is 4.63. The molecule has 150 valence electrons. The second kappa shape index (κ2) is 9.05. The maximum atomic E-state index is 12.6. The van der Waals surface area contributed by atoms with E-state index in [1.807, 2.05) is 36.9 Å². The molecule has 1 amide bonds. The van der Waals surface area contributed by atoms with E-state index in [2.05, 4.69) is 21.4 Å². The Hall–Kier alpha value is -3.61. The fourth-order valence-electron chi connectivity index (χ4n) is 2.95. The molecular formula is C22H24N4O3. The number of aryl methyl sites for hydroxylation is 1. The fourth-order valence-corrected chi connectivity index (χ4v) is 2.95. The van der Waals surface area contributed by atoms with Gasteiger partial charge in [-0.25, -0.2) is 9.97 Å². The minimum Gasteiger partial charge on any atom is -0.497 e. The van der Waals surface area contributed by atoms with Gasteiger partial charge in [0.25, 0.3) is 5.91 Å². The molecule has 0 aliphatic rings. The molecule has 0 saturated heterocycles. The zero-order chi connectivity index (χ0) is 20.8. The molecule has 29 heavy (non-hydrogen) atoms. The lowest BCUT2D eigenvalue weighted by atomic mass is 10.2. The molecule has 3 rings (SSSR count). The monoisotopic (exact) mass is 392 g/mol. The predicted octanol–water partition coefficient (Wildman–Crippen LogP) is 4.21. The Balaban J connectivity index is 1.80. The van der Waals surface area contributed by atoms with Crippen LogP contribution in [0.4, 0.5) is 17.2 Å². The first-order valence-electron chi connectivity index (χ1n) is 9.25. The van der Waals surface area contributed by atoms with Crippen molar-refractivity contribution in [2.75, 3.05) is 31.0 Å². The minimum atomic E-state index is -0.380. The Morgan fingerprint density at radius 1 is 1.07 bits per heavy atom. The molecule has 0 fully saturated rings. The first kappa shape index (κ1) is 20.1. The average Bonchev–Trinajstić information content (AvgIpc) is 2.74. The van der Waals surface area contributed by atoms with Gasteiger partial charge in [-0.1, -0.05) is 12.1 Å². The van der Waals surface area contributed by atoms with Crippen molar-refractivity contribution in [1.82, 2.24) is 9.97 Å². The number of anilines is 3. The number of methoxy groups -OCH3 is 2. The largest absolute Gasteiger partial charge is 0.497 e. The molecule has 1 N–H and O–H groups in total. The Kier molecular flexibility index (Phi) is 6.29. The normalized spacial score (nSPS) is 10.3. The fraction of sp³-hybridized carbons (Fsp3) is 0.227. The summed E-state index contributed by atoms with van der Waals surface area (Å²) in [5, 5.41) is 2.79. The van der Waals surface area contributed by atoms with E-state index in [1.54, 1.807) is 31.5 Å². The van der Waals surface area contributed by atoms with Gasteiger partial charge in [0.1, 0.15) is 17.2 Å². The van der Waals surface area contributed by atoms with Gasteiger partial charge in [-0.05, 0) is 43.7 Å². The van der Waals surface area contributed by atoms with Crippen LogP contribution < -0.4 is 19.7 Å². The van der Waals surface area contributed by atoms with Crippen LogP contribution in [0.2, 0.25) is 0 Å². The number of nitrogens with zero attached hydrogens (tertiary/aromatic N) is 3. The Morgan fingerprint density at radius 3 is 2.52 bits per heavy atom. The standard InChI is InChI=1S/C22H24N4O3/c1-5-26(16-8-6-7-15(2)11-16)21-14-23-19(13-24-21)22(27)25-18-12-17(28-3)9-10-20(18)29-4/h6-14H,5H2,1-4H3,(H,25,27). The SMILES string of the molecule is CCN(c1cccc(C)c1)c1cnc(C(=O)Nc2cc(OC)ccc2OC)cn1. The molecule has 1 aromatic heterocycles. The minimum absolute atomic E-state index is 0.207. The number of aromatic nitrogens is 2. The third-order valence-corrected chi connectivity index (χ3v) is 4.43. The number of hydrogen-bond acceptors (Lipinski definition) is 6. The van der Waals surface area contributed by atoms with Crippen LogP contribution in [0.25, 0.3) is 0 Å². The highest BCUT2D eigenvalue weighted by atomic mass is 16.5. The highest BCUT2D eigenvalue weighted by molar-refractivity contribution is 6.03. The van der Waals surface area contributed by atoms with Crippen molar-refractivity contribution in [2.24, 2.45) is 0 Å². The summed E-state index contributed by atoms with van der Waals surface area (Å²) >= 11 is 0. The number of ether oxygens (including phenoxy) is 2. The molecule has 0 bridgehead atoms. The zero-order valence-corrected chi connectivity index (χ0v) is 17.0. The van der Waals surface area contributed by atoms with E-state index in [0.717, 1.165) is 17.8 Å². The maximum absolute atomic E-state index is 12.6. The number of carbonyl (C=O) groups excluding carboxylic acids is 1. The van der Waals surface area contributed by atoms with Crippen LogP contribution in [-0.2, 0) is 0 Å². The number of benzene rings is 2. The van der Waals surface area contributed by atoms with E-state index in [-0.39, 0.29) is 11.6 Å². The Labute approximate surface area is 170 Å². The number of carbonyl (C=O) groups is 1. The summed E-state index contributed by atoms with van der Waals surface area (Å²) in [7, 11) is 3.10. The van der Waals surface area contributed by atoms with Gasteiger partial charge in [0.15, 0.2) is 5.82 Å². The molecule has 7 nitrogen and oxygen atoms in total. The molecule has 0 radical (unpaired) electrons. The van der Waals surface area contributed by atoms with Crippen LogP contribution in [0.15, 0.2) is 54.9 Å². The van der Waals surface area contributed by atoms with Crippen LogP contribution in [0.3, 0.4) is 0 Å². The summed E-state index contributed by atoms with van der Waals surface area (Å²) in [4.78, 5) is 23.4. The van der Waals surface area contributed by atoms with Gasteiger partial charge < -0.3 is 19.7 Å². The van der Waals surface area contributed by atoms with E-state index < -0.39 is 0 Å². The first-order valence-corrected chi connectivity index (χ1v) is 9.25.